The zero-order valence-electron chi connectivity index (χ0n) is 12.6. The van der Waals surface area contributed by atoms with E-state index in [-0.39, 0.29) is 12.4 Å². The Labute approximate surface area is 137 Å². The van der Waals surface area contributed by atoms with Crippen LogP contribution in [-0.4, -0.2) is 40.0 Å². The number of rotatable bonds is 4. The van der Waals surface area contributed by atoms with Gasteiger partial charge in [-0.2, -0.15) is 0 Å². The van der Waals surface area contributed by atoms with Gasteiger partial charge in [0.05, 0.1) is 24.9 Å². The van der Waals surface area contributed by atoms with Crippen molar-refractivity contribution in [2.45, 2.75) is 32.6 Å². The standard InChI is InChI=1S/C15H19BrN4O2/c1-2-22-13(21)8-11-10-20-12(16)9-17-14(15(20)18-11)19-6-4-3-5-7-19/h9-10H,2-8H2,1H3. The molecule has 0 N–H and O–H groups in total. The molecule has 0 unspecified atom stereocenters. The predicted molar refractivity (Wildman–Crippen MR) is 87.1 cm³/mol. The highest BCUT2D eigenvalue weighted by molar-refractivity contribution is 9.10. The fraction of sp³-hybridized carbons (Fsp3) is 0.533. The fourth-order valence-corrected chi connectivity index (χ4v) is 3.13. The normalized spacial score (nSPS) is 15.3. The van der Waals surface area contributed by atoms with E-state index in [1.54, 1.807) is 13.1 Å². The number of esters is 1. The van der Waals surface area contributed by atoms with Crippen LogP contribution in [0.5, 0.6) is 0 Å². The van der Waals surface area contributed by atoms with Gasteiger partial charge in [-0.1, -0.05) is 0 Å². The van der Waals surface area contributed by atoms with Crippen molar-refractivity contribution in [2.75, 3.05) is 24.6 Å². The van der Waals surface area contributed by atoms with Crippen LogP contribution in [0.15, 0.2) is 17.0 Å². The number of fused-ring (bicyclic) bond motifs is 1. The molecule has 0 spiro atoms. The number of imidazole rings is 1. The van der Waals surface area contributed by atoms with Crippen LogP contribution in [0.25, 0.3) is 5.65 Å². The van der Waals surface area contributed by atoms with Crippen LogP contribution in [0, 0.1) is 0 Å². The average Bonchev–Trinajstić information content (AvgIpc) is 2.93. The third-order valence-corrected chi connectivity index (χ3v) is 4.35. The van der Waals surface area contributed by atoms with E-state index in [1.165, 1.54) is 19.3 Å². The Hall–Kier alpha value is -1.63. The van der Waals surface area contributed by atoms with Crippen molar-refractivity contribution < 1.29 is 9.53 Å². The Morgan fingerprint density at radius 2 is 2.14 bits per heavy atom. The number of anilines is 1. The first kappa shape index (κ1) is 15.3. The lowest BCUT2D eigenvalue weighted by Gasteiger charge is -2.27. The lowest BCUT2D eigenvalue weighted by molar-refractivity contribution is -0.142. The maximum Gasteiger partial charge on any atom is 0.311 e. The van der Waals surface area contributed by atoms with Crippen molar-refractivity contribution in [1.29, 1.82) is 0 Å². The van der Waals surface area contributed by atoms with Gasteiger partial charge in [-0.05, 0) is 42.1 Å². The summed E-state index contributed by atoms with van der Waals surface area (Å²) in [6, 6.07) is 0. The molecule has 1 aliphatic rings. The summed E-state index contributed by atoms with van der Waals surface area (Å²) in [7, 11) is 0. The molecule has 0 saturated carbocycles. The third kappa shape index (κ3) is 3.09. The second kappa shape index (κ2) is 6.64. The van der Waals surface area contributed by atoms with Gasteiger partial charge in [-0.15, -0.1) is 0 Å². The second-order valence-electron chi connectivity index (χ2n) is 5.36. The van der Waals surface area contributed by atoms with Crippen molar-refractivity contribution in [3.8, 4) is 0 Å². The highest BCUT2D eigenvalue weighted by Gasteiger charge is 2.19. The molecule has 22 heavy (non-hydrogen) atoms. The first-order valence-electron chi connectivity index (χ1n) is 7.62. The predicted octanol–water partition coefficient (Wildman–Crippen LogP) is 2.59. The van der Waals surface area contributed by atoms with Gasteiger partial charge in [-0.25, -0.2) is 9.97 Å². The largest absolute Gasteiger partial charge is 0.466 e. The molecular weight excluding hydrogens is 348 g/mol. The average molecular weight is 367 g/mol. The monoisotopic (exact) mass is 366 g/mol. The maximum atomic E-state index is 11.7. The van der Waals surface area contributed by atoms with Crippen molar-refractivity contribution in [3.63, 3.8) is 0 Å². The van der Waals surface area contributed by atoms with Crippen LogP contribution >= 0.6 is 15.9 Å². The Balaban J connectivity index is 1.94. The SMILES string of the molecule is CCOC(=O)Cc1cn2c(Br)cnc(N3CCCCC3)c2n1. The molecule has 0 bridgehead atoms. The summed E-state index contributed by atoms with van der Waals surface area (Å²) in [5, 5.41) is 0. The number of nitrogens with zero attached hydrogens (tertiary/aromatic N) is 4. The molecule has 2 aromatic rings. The topological polar surface area (TPSA) is 59.7 Å². The van der Waals surface area contributed by atoms with Gasteiger partial charge in [0.15, 0.2) is 11.5 Å². The summed E-state index contributed by atoms with van der Waals surface area (Å²) in [4.78, 5) is 23.1. The third-order valence-electron chi connectivity index (χ3n) is 3.77. The molecule has 6 nitrogen and oxygen atoms in total. The molecule has 0 amide bonds. The van der Waals surface area contributed by atoms with Crippen molar-refractivity contribution >= 4 is 33.4 Å². The molecular formula is C15H19BrN4O2. The van der Waals surface area contributed by atoms with Crippen LogP contribution in [0.4, 0.5) is 5.82 Å². The van der Waals surface area contributed by atoms with E-state index < -0.39 is 0 Å². The molecule has 0 radical (unpaired) electrons. The molecule has 7 heteroatoms. The van der Waals surface area contributed by atoms with Crippen molar-refractivity contribution in [3.05, 3.63) is 22.7 Å². The van der Waals surface area contributed by atoms with E-state index in [4.69, 9.17) is 4.74 Å². The number of piperidine rings is 1. The zero-order chi connectivity index (χ0) is 15.5. The molecule has 118 valence electrons. The number of halogens is 1. The molecule has 3 rings (SSSR count). The molecule has 1 aliphatic heterocycles. The van der Waals surface area contributed by atoms with E-state index in [2.05, 4.69) is 30.8 Å². The van der Waals surface area contributed by atoms with Gasteiger partial charge >= 0.3 is 5.97 Å². The van der Waals surface area contributed by atoms with Crippen molar-refractivity contribution in [2.24, 2.45) is 0 Å². The summed E-state index contributed by atoms with van der Waals surface area (Å²) in [6.07, 6.45) is 7.46. The second-order valence-corrected chi connectivity index (χ2v) is 6.17. The molecule has 3 heterocycles. The van der Waals surface area contributed by atoms with Gasteiger partial charge in [0.1, 0.15) is 4.60 Å². The van der Waals surface area contributed by atoms with Gasteiger partial charge < -0.3 is 9.64 Å². The van der Waals surface area contributed by atoms with E-state index in [0.717, 1.165) is 29.2 Å². The molecule has 0 aliphatic carbocycles. The molecule has 0 atom stereocenters. The first-order valence-corrected chi connectivity index (χ1v) is 8.41. The van der Waals surface area contributed by atoms with E-state index in [1.807, 2.05) is 10.6 Å². The van der Waals surface area contributed by atoms with Crippen LogP contribution in [-0.2, 0) is 16.0 Å². The van der Waals surface area contributed by atoms with Gasteiger partial charge in [0.2, 0.25) is 0 Å². The lowest BCUT2D eigenvalue weighted by atomic mass is 10.1. The summed E-state index contributed by atoms with van der Waals surface area (Å²) >= 11 is 3.49. The number of hydrogen-bond donors (Lipinski definition) is 0. The van der Waals surface area contributed by atoms with Crippen LogP contribution in [0.2, 0.25) is 0 Å². The van der Waals surface area contributed by atoms with Crippen LogP contribution in [0.3, 0.4) is 0 Å². The first-order chi connectivity index (χ1) is 10.7. The van der Waals surface area contributed by atoms with E-state index in [0.29, 0.717) is 12.3 Å². The number of carbonyl (C=O) groups excluding carboxylic acids is 1. The molecule has 2 aromatic heterocycles. The van der Waals surface area contributed by atoms with Gasteiger partial charge in [0, 0.05) is 19.3 Å². The van der Waals surface area contributed by atoms with Crippen LogP contribution in [0.1, 0.15) is 31.9 Å². The van der Waals surface area contributed by atoms with Crippen molar-refractivity contribution in [1.82, 2.24) is 14.4 Å². The van der Waals surface area contributed by atoms with Crippen LogP contribution < -0.4 is 4.90 Å². The lowest BCUT2D eigenvalue weighted by Crippen LogP contribution is -2.30. The quantitative estimate of drug-likeness (QED) is 0.778. The molecule has 1 saturated heterocycles. The summed E-state index contributed by atoms with van der Waals surface area (Å²) in [5.41, 5.74) is 1.49. The van der Waals surface area contributed by atoms with Gasteiger partial charge in [-0.3, -0.25) is 9.20 Å². The summed E-state index contributed by atoms with van der Waals surface area (Å²) in [6.45, 7) is 4.20. The number of aromatic nitrogens is 3. The highest BCUT2D eigenvalue weighted by atomic mass is 79.9. The summed E-state index contributed by atoms with van der Waals surface area (Å²) < 4.78 is 7.75. The minimum atomic E-state index is -0.255. The van der Waals surface area contributed by atoms with E-state index in [9.17, 15) is 4.79 Å². The maximum absolute atomic E-state index is 11.7. The molecule has 0 aromatic carbocycles. The number of ether oxygens (including phenoxy) is 1. The minimum Gasteiger partial charge on any atom is -0.466 e. The Bertz CT molecular complexity index is 679. The summed E-state index contributed by atoms with van der Waals surface area (Å²) in [5.74, 6) is 0.632. The zero-order valence-corrected chi connectivity index (χ0v) is 14.2. The fourth-order valence-electron chi connectivity index (χ4n) is 2.76. The number of carbonyl (C=O) groups is 1. The Morgan fingerprint density at radius 1 is 1.36 bits per heavy atom. The smallest absolute Gasteiger partial charge is 0.311 e. The number of hydrogen-bond acceptors (Lipinski definition) is 5. The molecule has 1 fully saturated rings. The minimum absolute atomic E-state index is 0.182. The van der Waals surface area contributed by atoms with Gasteiger partial charge in [0.25, 0.3) is 0 Å². The Kier molecular flexibility index (Phi) is 4.61. The van der Waals surface area contributed by atoms with E-state index >= 15 is 0 Å². The Morgan fingerprint density at radius 3 is 2.86 bits per heavy atom. The highest BCUT2D eigenvalue weighted by Crippen LogP contribution is 2.25.